The minimum atomic E-state index is 0.0247. The summed E-state index contributed by atoms with van der Waals surface area (Å²) in [6.07, 6.45) is 2.72. The Kier molecular flexibility index (Phi) is 6.53. The van der Waals surface area contributed by atoms with Crippen LogP contribution in [0, 0.1) is 0 Å². The Bertz CT molecular complexity index is 968. The highest BCUT2D eigenvalue weighted by molar-refractivity contribution is 5.76. The fourth-order valence-electron chi connectivity index (χ4n) is 3.61. The number of benzene rings is 1. The largest absolute Gasteiger partial charge is 0.378 e. The van der Waals surface area contributed by atoms with E-state index in [-0.39, 0.29) is 11.9 Å². The minimum absolute atomic E-state index is 0.0247. The van der Waals surface area contributed by atoms with Gasteiger partial charge in [-0.15, -0.1) is 15.3 Å². The van der Waals surface area contributed by atoms with Crippen LogP contribution in [0.4, 0.5) is 5.82 Å². The molecule has 1 saturated heterocycles. The van der Waals surface area contributed by atoms with Crippen molar-refractivity contribution < 1.29 is 9.53 Å². The molecule has 0 bridgehead atoms. The lowest BCUT2D eigenvalue weighted by Crippen LogP contribution is -2.37. The van der Waals surface area contributed by atoms with Gasteiger partial charge in [0.05, 0.1) is 13.2 Å². The van der Waals surface area contributed by atoms with Crippen LogP contribution in [0.2, 0.25) is 0 Å². The maximum absolute atomic E-state index is 12.4. The number of amides is 1. The molecule has 3 aromatic rings. The molecule has 1 amide bonds. The molecular weight excluding hydrogens is 380 g/mol. The van der Waals surface area contributed by atoms with E-state index in [1.807, 2.05) is 37.3 Å². The highest BCUT2D eigenvalue weighted by Gasteiger charge is 2.16. The fourth-order valence-corrected chi connectivity index (χ4v) is 3.61. The van der Waals surface area contributed by atoms with Crippen LogP contribution in [0.25, 0.3) is 5.65 Å². The van der Waals surface area contributed by atoms with Gasteiger partial charge in [0.2, 0.25) is 5.91 Å². The number of anilines is 1. The van der Waals surface area contributed by atoms with Gasteiger partial charge in [-0.2, -0.15) is 4.52 Å². The molecule has 1 N–H and O–H groups in total. The van der Waals surface area contributed by atoms with Gasteiger partial charge in [-0.3, -0.25) is 4.79 Å². The smallest absolute Gasteiger partial charge is 0.220 e. The van der Waals surface area contributed by atoms with E-state index in [2.05, 4.69) is 32.5 Å². The summed E-state index contributed by atoms with van der Waals surface area (Å²) in [5, 5.41) is 16.2. The van der Waals surface area contributed by atoms with E-state index in [9.17, 15) is 4.79 Å². The summed E-state index contributed by atoms with van der Waals surface area (Å²) < 4.78 is 7.16. The van der Waals surface area contributed by atoms with Crippen molar-refractivity contribution in [2.24, 2.45) is 0 Å². The van der Waals surface area contributed by atoms with E-state index in [0.29, 0.717) is 37.5 Å². The highest BCUT2D eigenvalue weighted by atomic mass is 16.5. The molecule has 0 spiro atoms. The first-order chi connectivity index (χ1) is 14.7. The number of fused-ring (bicyclic) bond motifs is 1. The molecular formula is C22H28N6O2. The van der Waals surface area contributed by atoms with Gasteiger partial charge < -0.3 is 15.0 Å². The number of hydrogen-bond donors (Lipinski definition) is 1. The number of aryl methyl sites for hydroxylation is 2. The zero-order valence-electron chi connectivity index (χ0n) is 17.3. The Morgan fingerprint density at radius 2 is 1.90 bits per heavy atom. The molecule has 1 aliphatic heterocycles. The zero-order valence-corrected chi connectivity index (χ0v) is 17.3. The van der Waals surface area contributed by atoms with Gasteiger partial charge in [0.15, 0.2) is 11.5 Å². The van der Waals surface area contributed by atoms with Crippen molar-refractivity contribution in [2.75, 3.05) is 31.2 Å². The number of carbonyl (C=O) groups excluding carboxylic acids is 1. The summed E-state index contributed by atoms with van der Waals surface area (Å²) in [7, 11) is 0. The number of hydrogen-bond acceptors (Lipinski definition) is 6. The van der Waals surface area contributed by atoms with Crippen molar-refractivity contribution in [1.29, 1.82) is 0 Å². The molecule has 1 aromatic carbocycles. The van der Waals surface area contributed by atoms with Gasteiger partial charge in [0.1, 0.15) is 5.82 Å². The minimum Gasteiger partial charge on any atom is -0.378 e. The van der Waals surface area contributed by atoms with Crippen LogP contribution < -0.4 is 10.2 Å². The Hall–Kier alpha value is -3.00. The second kappa shape index (κ2) is 9.67. The summed E-state index contributed by atoms with van der Waals surface area (Å²) in [6, 6.07) is 14.3. The Labute approximate surface area is 176 Å². The molecule has 8 nitrogen and oxygen atoms in total. The third kappa shape index (κ3) is 5.13. The lowest BCUT2D eigenvalue weighted by Gasteiger charge is -2.27. The highest BCUT2D eigenvalue weighted by Crippen LogP contribution is 2.14. The quantitative estimate of drug-likeness (QED) is 0.614. The maximum Gasteiger partial charge on any atom is 0.220 e. The molecule has 1 atom stereocenters. The van der Waals surface area contributed by atoms with Crippen molar-refractivity contribution in [1.82, 2.24) is 25.1 Å². The van der Waals surface area contributed by atoms with E-state index >= 15 is 0 Å². The van der Waals surface area contributed by atoms with Gasteiger partial charge in [0.25, 0.3) is 0 Å². The van der Waals surface area contributed by atoms with Gasteiger partial charge in [-0.05, 0) is 37.5 Å². The SMILES string of the molecule is CC(CCc1ccccc1)NC(=O)CCc1nnc2ccc(N3CCOCC3)nn12. The van der Waals surface area contributed by atoms with E-state index in [0.717, 1.165) is 31.7 Å². The number of aromatic nitrogens is 4. The molecule has 8 heteroatoms. The molecule has 2 aromatic heterocycles. The lowest BCUT2D eigenvalue weighted by atomic mass is 10.1. The average molecular weight is 409 g/mol. The predicted molar refractivity (Wildman–Crippen MR) is 115 cm³/mol. The van der Waals surface area contributed by atoms with E-state index < -0.39 is 0 Å². The topological polar surface area (TPSA) is 84.7 Å². The van der Waals surface area contributed by atoms with Crippen LogP contribution >= 0.6 is 0 Å². The molecule has 1 fully saturated rings. The van der Waals surface area contributed by atoms with Gasteiger partial charge >= 0.3 is 0 Å². The Morgan fingerprint density at radius 1 is 1.10 bits per heavy atom. The normalized spacial score (nSPS) is 15.3. The van der Waals surface area contributed by atoms with Crippen LogP contribution in [-0.4, -0.2) is 58.1 Å². The zero-order chi connectivity index (χ0) is 20.8. The number of nitrogens with zero attached hydrogens (tertiary/aromatic N) is 5. The molecule has 1 aliphatic rings. The first-order valence-corrected chi connectivity index (χ1v) is 10.6. The number of rotatable bonds is 8. The van der Waals surface area contributed by atoms with Crippen molar-refractivity contribution in [3.63, 3.8) is 0 Å². The second-order valence-corrected chi connectivity index (χ2v) is 7.67. The summed E-state index contributed by atoms with van der Waals surface area (Å²) in [5.74, 6) is 1.61. The molecule has 158 valence electrons. The summed E-state index contributed by atoms with van der Waals surface area (Å²) in [4.78, 5) is 14.6. The molecule has 0 aliphatic carbocycles. The van der Waals surface area contributed by atoms with Gasteiger partial charge in [0, 0.05) is 32.0 Å². The van der Waals surface area contributed by atoms with Crippen LogP contribution in [0.5, 0.6) is 0 Å². The Morgan fingerprint density at radius 3 is 2.70 bits per heavy atom. The maximum atomic E-state index is 12.4. The third-order valence-electron chi connectivity index (χ3n) is 5.34. The van der Waals surface area contributed by atoms with E-state index in [4.69, 9.17) is 9.84 Å². The second-order valence-electron chi connectivity index (χ2n) is 7.67. The number of ether oxygens (including phenoxy) is 1. The molecule has 4 rings (SSSR count). The summed E-state index contributed by atoms with van der Waals surface area (Å²) in [5.41, 5.74) is 1.98. The van der Waals surface area contributed by atoms with Crippen molar-refractivity contribution >= 4 is 17.4 Å². The third-order valence-corrected chi connectivity index (χ3v) is 5.34. The molecule has 30 heavy (non-hydrogen) atoms. The molecule has 1 unspecified atom stereocenters. The van der Waals surface area contributed by atoms with Gasteiger partial charge in [-0.1, -0.05) is 30.3 Å². The van der Waals surface area contributed by atoms with Crippen molar-refractivity contribution in [3.8, 4) is 0 Å². The molecule has 0 radical (unpaired) electrons. The van der Waals surface area contributed by atoms with Crippen LogP contribution in [0.1, 0.15) is 31.2 Å². The first kappa shape index (κ1) is 20.3. The number of carbonyl (C=O) groups is 1. The predicted octanol–water partition coefficient (Wildman–Crippen LogP) is 2.03. The van der Waals surface area contributed by atoms with Crippen LogP contribution in [0.3, 0.4) is 0 Å². The lowest BCUT2D eigenvalue weighted by molar-refractivity contribution is -0.121. The Balaban J connectivity index is 1.30. The standard InChI is InChI=1S/C22H28N6O2/c1-17(7-8-18-5-3-2-4-6-18)23-22(29)12-11-20-25-24-19-9-10-21(26-28(19)20)27-13-15-30-16-14-27/h2-6,9-10,17H,7-8,11-16H2,1H3,(H,23,29). The van der Waals surface area contributed by atoms with Crippen molar-refractivity contribution in [3.05, 3.63) is 53.9 Å². The van der Waals surface area contributed by atoms with Crippen molar-refractivity contribution in [2.45, 2.75) is 38.6 Å². The average Bonchev–Trinajstić information content (AvgIpc) is 3.20. The van der Waals surface area contributed by atoms with Crippen LogP contribution in [0.15, 0.2) is 42.5 Å². The summed E-state index contributed by atoms with van der Waals surface area (Å²) in [6.45, 7) is 5.09. The number of nitrogens with one attached hydrogen (secondary N) is 1. The van der Waals surface area contributed by atoms with Crippen LogP contribution in [-0.2, 0) is 22.4 Å². The van der Waals surface area contributed by atoms with E-state index in [1.165, 1.54) is 5.56 Å². The monoisotopic (exact) mass is 408 g/mol. The van der Waals surface area contributed by atoms with Gasteiger partial charge in [-0.25, -0.2) is 0 Å². The first-order valence-electron chi connectivity index (χ1n) is 10.6. The fraction of sp³-hybridized carbons (Fsp3) is 0.455. The summed E-state index contributed by atoms with van der Waals surface area (Å²) >= 11 is 0. The molecule has 3 heterocycles. The number of morpholine rings is 1. The molecule has 0 saturated carbocycles. The van der Waals surface area contributed by atoms with E-state index in [1.54, 1.807) is 4.52 Å².